The van der Waals surface area contributed by atoms with Crippen LogP contribution in [0.2, 0.25) is 0 Å². The number of anilines is 6. The Hall–Kier alpha value is -10.4. The Labute approximate surface area is 461 Å². The van der Waals surface area contributed by atoms with E-state index in [1.807, 2.05) is 6.07 Å². The normalized spacial score (nSPS) is 13.3. The lowest BCUT2D eigenvalue weighted by atomic mass is 9.30. The van der Waals surface area contributed by atoms with Crippen molar-refractivity contribution in [2.75, 3.05) is 9.80 Å². The average Bonchev–Trinajstić information content (AvgIpc) is 4.02. The third kappa shape index (κ3) is 5.99. The molecule has 6 heterocycles. The minimum atomic E-state index is -0.300. The molecule has 4 aliphatic rings. The topological polar surface area (TPSA) is 51.2 Å². The number of furan rings is 2. The van der Waals surface area contributed by atoms with Gasteiger partial charge in [0.2, 0.25) is 0 Å². The molecule has 0 atom stereocenters. The summed E-state index contributed by atoms with van der Waals surface area (Å²) in [6, 6.07) is 91.1. The monoisotopic (exact) mass is 1020 g/mol. The number of benzene rings is 12. The van der Waals surface area contributed by atoms with Crippen molar-refractivity contribution in [3.8, 4) is 56.4 Å². The largest absolute Gasteiger partial charge is 0.458 e. The summed E-state index contributed by atoms with van der Waals surface area (Å²) in [5.74, 6) is 3.05. The van der Waals surface area contributed by atoms with Crippen molar-refractivity contribution in [3.63, 3.8) is 0 Å². The first kappa shape index (κ1) is 43.6. The highest BCUT2D eigenvalue weighted by atomic mass is 16.5. The lowest BCUT2D eigenvalue weighted by Gasteiger charge is -2.45. The van der Waals surface area contributed by atoms with Gasteiger partial charge in [-0.05, 0) is 98.1 Å². The molecule has 4 aliphatic heterocycles. The number of rotatable bonds is 5. The van der Waals surface area contributed by atoms with E-state index in [0.29, 0.717) is 11.3 Å². The molecule has 0 saturated carbocycles. The minimum Gasteiger partial charge on any atom is -0.458 e. The van der Waals surface area contributed by atoms with Crippen LogP contribution in [0.1, 0.15) is 0 Å². The molecule has 0 fully saturated rings. The van der Waals surface area contributed by atoms with E-state index in [-0.39, 0.29) is 13.4 Å². The first-order chi connectivity index (χ1) is 39.7. The molecule has 8 heteroatoms. The number of hydrogen-bond donors (Lipinski definition) is 0. The van der Waals surface area contributed by atoms with Crippen LogP contribution in [-0.4, -0.2) is 13.4 Å². The van der Waals surface area contributed by atoms with Crippen LogP contribution in [0.5, 0.6) is 23.0 Å². The van der Waals surface area contributed by atoms with Gasteiger partial charge in [-0.15, -0.1) is 0 Å². The van der Waals surface area contributed by atoms with E-state index in [0.717, 1.165) is 139 Å². The van der Waals surface area contributed by atoms with Crippen LogP contribution < -0.4 is 52.1 Å². The number of para-hydroxylation sites is 6. The lowest BCUT2D eigenvalue weighted by molar-refractivity contribution is 0.469. The predicted molar refractivity (Wildman–Crippen MR) is 329 cm³/mol. The van der Waals surface area contributed by atoms with Gasteiger partial charge in [0.25, 0.3) is 13.4 Å². The Bertz CT molecular complexity index is 4870. The van der Waals surface area contributed by atoms with E-state index < -0.39 is 0 Å². The molecule has 12 aromatic carbocycles. The SMILES string of the molecule is c1ccc(-c2cccc(-c3ccccc3)c2-c2c3c4c(c5c2oc2ccccc25)Oc2ccccc2B4c2cc4c(cc2O3)N(c2ccccc2)c2c3c(cc5oc6ccccc6c25)N(c2ccccc2)c2ccccc2B43)cc1. The molecule has 18 rings (SSSR count). The van der Waals surface area contributed by atoms with Gasteiger partial charge in [0.15, 0.2) is 5.58 Å². The van der Waals surface area contributed by atoms with Crippen LogP contribution in [0.4, 0.5) is 34.1 Å². The van der Waals surface area contributed by atoms with Crippen LogP contribution in [0.3, 0.4) is 0 Å². The Balaban J connectivity index is 0.991. The minimum absolute atomic E-state index is 0.188. The van der Waals surface area contributed by atoms with Gasteiger partial charge in [0.1, 0.15) is 39.7 Å². The smallest absolute Gasteiger partial charge is 0.260 e. The van der Waals surface area contributed by atoms with Crippen LogP contribution in [0.25, 0.3) is 77.3 Å². The molecule has 370 valence electrons. The standard InChI is InChI=1S/C72H42B2N2O4/c1-5-22-43(23-6-1)47-32-21-33-48(44-24-7-2-8-25-44)63(47)66-70-65(50-31-14-19-38-59(50)78-70)71-68-72(66)80-61-41-56-53(40-54(61)74(68)52-35-16-20-39-60(52)79-71)73-51-34-15-17-36-55(51)75(45-26-9-3-10-27-45)57-42-62-64(49-30-13-18-37-58(49)77-62)69(67(57)73)76(56)46-28-11-4-12-29-46/h1-42H. The molecular weight excluding hydrogens is 978 g/mol. The van der Waals surface area contributed by atoms with Crippen LogP contribution in [-0.2, 0) is 0 Å². The van der Waals surface area contributed by atoms with Crippen molar-refractivity contribution in [2.24, 2.45) is 0 Å². The van der Waals surface area contributed by atoms with Gasteiger partial charge in [-0.1, -0.05) is 194 Å². The fraction of sp³-hybridized carbons (Fsp3) is 0. The molecule has 2 aromatic heterocycles. The Kier molecular flexibility index (Phi) is 9.03. The van der Waals surface area contributed by atoms with Crippen molar-refractivity contribution in [2.45, 2.75) is 0 Å². The summed E-state index contributed by atoms with van der Waals surface area (Å²) >= 11 is 0. The molecule has 0 bridgehead atoms. The van der Waals surface area contributed by atoms with Gasteiger partial charge in [-0.25, -0.2) is 0 Å². The highest BCUT2D eigenvalue weighted by molar-refractivity contribution is 7.02. The van der Waals surface area contributed by atoms with Gasteiger partial charge in [-0.2, -0.15) is 0 Å². The predicted octanol–water partition coefficient (Wildman–Crippen LogP) is 15.3. The number of nitrogens with zero attached hydrogens (tertiary/aromatic N) is 2. The quantitative estimate of drug-likeness (QED) is 0.160. The molecule has 80 heavy (non-hydrogen) atoms. The van der Waals surface area contributed by atoms with E-state index in [1.165, 1.54) is 16.4 Å². The van der Waals surface area contributed by atoms with Crippen molar-refractivity contribution in [1.29, 1.82) is 0 Å². The van der Waals surface area contributed by atoms with Crippen molar-refractivity contribution >= 4 is 124 Å². The van der Waals surface area contributed by atoms with Crippen LogP contribution in [0, 0.1) is 0 Å². The zero-order chi connectivity index (χ0) is 52.2. The average molecular weight is 1020 g/mol. The molecule has 0 saturated heterocycles. The molecule has 0 N–H and O–H groups in total. The molecule has 0 amide bonds. The molecule has 0 spiro atoms. The summed E-state index contributed by atoms with van der Waals surface area (Å²) in [6.45, 7) is -0.488. The second-order valence-corrected chi connectivity index (χ2v) is 21.3. The van der Waals surface area contributed by atoms with E-state index in [2.05, 4.69) is 259 Å². The van der Waals surface area contributed by atoms with Crippen molar-refractivity contribution in [1.82, 2.24) is 0 Å². The van der Waals surface area contributed by atoms with E-state index in [1.54, 1.807) is 0 Å². The highest BCUT2D eigenvalue weighted by Gasteiger charge is 2.49. The summed E-state index contributed by atoms with van der Waals surface area (Å²) in [5, 5.41) is 4.04. The summed E-state index contributed by atoms with van der Waals surface area (Å²) in [7, 11) is 0. The molecule has 0 aliphatic carbocycles. The summed E-state index contributed by atoms with van der Waals surface area (Å²) < 4.78 is 29.5. The Morgan fingerprint density at radius 3 is 1.60 bits per heavy atom. The maximum absolute atomic E-state index is 7.95. The number of ether oxygens (including phenoxy) is 2. The maximum Gasteiger partial charge on any atom is 0.260 e. The third-order valence-corrected chi connectivity index (χ3v) is 17.1. The van der Waals surface area contributed by atoms with E-state index in [9.17, 15) is 0 Å². The molecule has 14 aromatic rings. The number of hydrogen-bond acceptors (Lipinski definition) is 6. The summed E-state index contributed by atoms with van der Waals surface area (Å²) in [4.78, 5) is 4.92. The molecule has 0 unspecified atom stereocenters. The fourth-order valence-corrected chi connectivity index (χ4v) is 13.9. The third-order valence-electron chi connectivity index (χ3n) is 17.1. The summed E-state index contributed by atoms with van der Waals surface area (Å²) in [5.41, 5.74) is 22.5. The molecule has 0 radical (unpaired) electrons. The summed E-state index contributed by atoms with van der Waals surface area (Å²) in [6.07, 6.45) is 0. The highest BCUT2D eigenvalue weighted by Crippen LogP contribution is 2.55. The van der Waals surface area contributed by atoms with Crippen molar-refractivity contribution in [3.05, 3.63) is 255 Å². The van der Waals surface area contributed by atoms with Gasteiger partial charge in [0, 0.05) is 62.4 Å². The van der Waals surface area contributed by atoms with Gasteiger partial charge < -0.3 is 28.1 Å². The second kappa shape index (κ2) is 16.5. The van der Waals surface area contributed by atoms with Crippen LogP contribution >= 0.6 is 0 Å². The lowest BCUT2D eigenvalue weighted by Crippen LogP contribution is -2.64. The van der Waals surface area contributed by atoms with E-state index in [4.69, 9.17) is 18.3 Å². The van der Waals surface area contributed by atoms with Gasteiger partial charge >= 0.3 is 0 Å². The Morgan fingerprint density at radius 1 is 0.325 bits per heavy atom. The zero-order valence-corrected chi connectivity index (χ0v) is 42.9. The van der Waals surface area contributed by atoms with E-state index >= 15 is 0 Å². The zero-order valence-electron chi connectivity index (χ0n) is 42.9. The second-order valence-electron chi connectivity index (χ2n) is 21.3. The fourth-order valence-electron chi connectivity index (χ4n) is 13.9. The van der Waals surface area contributed by atoms with Gasteiger partial charge in [-0.3, -0.25) is 0 Å². The Morgan fingerprint density at radius 2 is 0.887 bits per heavy atom. The maximum atomic E-state index is 7.95. The van der Waals surface area contributed by atoms with Gasteiger partial charge in [0.05, 0.1) is 22.0 Å². The van der Waals surface area contributed by atoms with Crippen LogP contribution in [0.15, 0.2) is 264 Å². The van der Waals surface area contributed by atoms with Crippen molar-refractivity contribution < 1.29 is 18.3 Å². The molecular formula is C72H42B2N2O4. The first-order valence-electron chi connectivity index (χ1n) is 27.4. The first-order valence-corrected chi connectivity index (χ1v) is 27.4. The number of fused-ring (bicyclic) bond motifs is 16. The molecule has 6 nitrogen and oxygen atoms in total.